The molecule has 0 aromatic heterocycles. The molecule has 0 aliphatic heterocycles. The van der Waals surface area contributed by atoms with Crippen molar-refractivity contribution in [1.29, 1.82) is 0 Å². The van der Waals surface area contributed by atoms with Crippen LogP contribution in [0.3, 0.4) is 0 Å². The third kappa shape index (κ3) is 6.91. The van der Waals surface area contributed by atoms with Gasteiger partial charge in [-0.3, -0.25) is 4.90 Å². The van der Waals surface area contributed by atoms with Gasteiger partial charge in [-0.2, -0.15) is 0 Å². The Morgan fingerprint density at radius 1 is 1.07 bits per heavy atom. The fourth-order valence-electron chi connectivity index (χ4n) is 1.57. The first kappa shape index (κ1) is 14.9. The zero-order valence-electron chi connectivity index (χ0n) is 11.5. The number of likely N-dealkylation sites (N-methyl/N-ethyl adjacent to an activating group) is 1. The normalized spacial score (nSPS) is 16.0. The van der Waals surface area contributed by atoms with Crippen LogP contribution in [-0.2, 0) is 0 Å². The van der Waals surface area contributed by atoms with Crippen molar-refractivity contribution in [2.24, 2.45) is 5.92 Å². The quantitative estimate of drug-likeness (QED) is 0.625. The lowest BCUT2D eigenvalue weighted by Gasteiger charge is -2.30. The summed E-state index contributed by atoms with van der Waals surface area (Å²) >= 11 is 0. The Labute approximate surface area is 96.4 Å². The standard InChI is InChI=1S/C13H30N2/c1-7-12(4)15(6)13(5)10-14-9-8-11(2)3/h11-14H,7-10H2,1-6H3. The van der Waals surface area contributed by atoms with Crippen LogP contribution in [0.2, 0.25) is 0 Å². The smallest absolute Gasteiger partial charge is 0.0192 e. The Morgan fingerprint density at radius 2 is 1.67 bits per heavy atom. The lowest BCUT2D eigenvalue weighted by Crippen LogP contribution is -2.42. The summed E-state index contributed by atoms with van der Waals surface area (Å²) in [5, 5.41) is 3.53. The molecule has 0 fully saturated rings. The van der Waals surface area contributed by atoms with Gasteiger partial charge in [-0.1, -0.05) is 20.8 Å². The van der Waals surface area contributed by atoms with Crippen LogP contribution >= 0.6 is 0 Å². The number of nitrogens with one attached hydrogen (secondary N) is 1. The Bertz CT molecular complexity index is 145. The molecule has 0 aliphatic carbocycles. The van der Waals surface area contributed by atoms with Crippen LogP contribution in [0.5, 0.6) is 0 Å². The highest BCUT2D eigenvalue weighted by atomic mass is 15.2. The maximum Gasteiger partial charge on any atom is 0.0192 e. The second-order valence-electron chi connectivity index (χ2n) is 5.16. The van der Waals surface area contributed by atoms with E-state index in [0.717, 1.165) is 19.0 Å². The van der Waals surface area contributed by atoms with E-state index in [1.54, 1.807) is 0 Å². The largest absolute Gasteiger partial charge is 0.315 e. The van der Waals surface area contributed by atoms with E-state index in [1.165, 1.54) is 12.8 Å². The van der Waals surface area contributed by atoms with Gasteiger partial charge in [0, 0.05) is 18.6 Å². The van der Waals surface area contributed by atoms with Crippen molar-refractivity contribution in [2.75, 3.05) is 20.1 Å². The van der Waals surface area contributed by atoms with Gasteiger partial charge in [0.15, 0.2) is 0 Å². The molecule has 2 unspecified atom stereocenters. The van der Waals surface area contributed by atoms with E-state index in [0.29, 0.717) is 12.1 Å². The topological polar surface area (TPSA) is 15.3 Å². The number of hydrogen-bond acceptors (Lipinski definition) is 2. The van der Waals surface area contributed by atoms with Gasteiger partial charge in [0.2, 0.25) is 0 Å². The van der Waals surface area contributed by atoms with E-state index in [9.17, 15) is 0 Å². The lowest BCUT2D eigenvalue weighted by molar-refractivity contribution is 0.187. The molecule has 1 N–H and O–H groups in total. The molecule has 0 heterocycles. The molecule has 0 aromatic rings. The summed E-state index contributed by atoms with van der Waals surface area (Å²) in [5.74, 6) is 0.806. The number of rotatable bonds is 8. The van der Waals surface area contributed by atoms with Crippen molar-refractivity contribution in [2.45, 2.75) is 59.5 Å². The zero-order chi connectivity index (χ0) is 11.8. The molecule has 0 spiro atoms. The molecular formula is C13H30N2. The molecule has 2 nitrogen and oxygen atoms in total. The predicted molar refractivity (Wildman–Crippen MR) is 69.3 cm³/mol. The van der Waals surface area contributed by atoms with E-state index >= 15 is 0 Å². The highest BCUT2D eigenvalue weighted by Crippen LogP contribution is 2.05. The average Bonchev–Trinajstić information content (AvgIpc) is 2.21. The molecule has 0 radical (unpaired) electrons. The van der Waals surface area contributed by atoms with Crippen LogP contribution in [0.4, 0.5) is 0 Å². The SMILES string of the molecule is CCC(C)N(C)C(C)CNCCC(C)C. The summed E-state index contributed by atoms with van der Waals surface area (Å²) in [7, 11) is 2.23. The van der Waals surface area contributed by atoms with Crippen LogP contribution in [0.25, 0.3) is 0 Å². The summed E-state index contributed by atoms with van der Waals surface area (Å²) in [6.45, 7) is 13.6. The number of hydrogen-bond donors (Lipinski definition) is 1. The van der Waals surface area contributed by atoms with E-state index in [-0.39, 0.29) is 0 Å². The van der Waals surface area contributed by atoms with Crippen LogP contribution in [-0.4, -0.2) is 37.1 Å². The first-order valence-corrected chi connectivity index (χ1v) is 6.41. The van der Waals surface area contributed by atoms with Crippen LogP contribution in [0.1, 0.15) is 47.5 Å². The zero-order valence-corrected chi connectivity index (χ0v) is 11.5. The van der Waals surface area contributed by atoms with Crippen molar-refractivity contribution in [3.05, 3.63) is 0 Å². The van der Waals surface area contributed by atoms with Gasteiger partial charge in [-0.15, -0.1) is 0 Å². The molecule has 92 valence electrons. The minimum atomic E-state index is 0.632. The monoisotopic (exact) mass is 214 g/mol. The second-order valence-corrected chi connectivity index (χ2v) is 5.16. The van der Waals surface area contributed by atoms with Gasteiger partial charge < -0.3 is 5.32 Å². The van der Waals surface area contributed by atoms with E-state index in [1.807, 2.05) is 0 Å². The van der Waals surface area contributed by atoms with Crippen molar-refractivity contribution >= 4 is 0 Å². The van der Waals surface area contributed by atoms with Crippen LogP contribution in [0, 0.1) is 5.92 Å². The fraction of sp³-hybridized carbons (Fsp3) is 1.00. The molecule has 0 aliphatic rings. The van der Waals surface area contributed by atoms with Gasteiger partial charge in [-0.25, -0.2) is 0 Å². The summed E-state index contributed by atoms with van der Waals surface area (Å²) in [6.07, 6.45) is 2.51. The molecule has 0 bridgehead atoms. The predicted octanol–water partition coefficient (Wildman–Crippen LogP) is 2.74. The molecule has 0 saturated carbocycles. The highest BCUT2D eigenvalue weighted by Gasteiger charge is 2.13. The van der Waals surface area contributed by atoms with Gasteiger partial charge in [-0.05, 0) is 46.2 Å². The second kappa shape index (κ2) is 8.12. The molecule has 2 atom stereocenters. The minimum absolute atomic E-state index is 0.632. The third-order valence-electron chi connectivity index (χ3n) is 3.32. The first-order chi connectivity index (χ1) is 6.99. The maximum atomic E-state index is 3.53. The average molecular weight is 214 g/mol. The number of nitrogens with zero attached hydrogens (tertiary/aromatic N) is 1. The lowest BCUT2D eigenvalue weighted by atomic mass is 10.1. The fourth-order valence-corrected chi connectivity index (χ4v) is 1.57. The Morgan fingerprint density at radius 3 is 2.13 bits per heavy atom. The van der Waals surface area contributed by atoms with Gasteiger partial charge in [0.05, 0.1) is 0 Å². The summed E-state index contributed by atoms with van der Waals surface area (Å²) in [5.41, 5.74) is 0. The summed E-state index contributed by atoms with van der Waals surface area (Å²) in [4.78, 5) is 2.46. The van der Waals surface area contributed by atoms with Crippen molar-refractivity contribution < 1.29 is 0 Å². The first-order valence-electron chi connectivity index (χ1n) is 6.41. The van der Waals surface area contributed by atoms with E-state index in [2.05, 4.69) is 51.9 Å². The van der Waals surface area contributed by atoms with Gasteiger partial charge >= 0.3 is 0 Å². The highest BCUT2D eigenvalue weighted by molar-refractivity contribution is 4.71. The molecule has 0 saturated heterocycles. The van der Waals surface area contributed by atoms with Crippen molar-refractivity contribution in [1.82, 2.24) is 10.2 Å². The molecule has 0 rings (SSSR count). The maximum absolute atomic E-state index is 3.53. The minimum Gasteiger partial charge on any atom is -0.315 e. The van der Waals surface area contributed by atoms with E-state index in [4.69, 9.17) is 0 Å². The van der Waals surface area contributed by atoms with Gasteiger partial charge in [0.25, 0.3) is 0 Å². The van der Waals surface area contributed by atoms with E-state index < -0.39 is 0 Å². The van der Waals surface area contributed by atoms with Crippen LogP contribution < -0.4 is 5.32 Å². The van der Waals surface area contributed by atoms with Gasteiger partial charge in [0.1, 0.15) is 0 Å². The van der Waals surface area contributed by atoms with Crippen molar-refractivity contribution in [3.63, 3.8) is 0 Å². The molecule has 0 amide bonds. The Hall–Kier alpha value is -0.0800. The molecule has 2 heteroatoms. The third-order valence-corrected chi connectivity index (χ3v) is 3.32. The Balaban J connectivity index is 3.59. The van der Waals surface area contributed by atoms with Crippen LogP contribution in [0.15, 0.2) is 0 Å². The summed E-state index contributed by atoms with van der Waals surface area (Å²) in [6, 6.07) is 1.32. The molecular weight excluding hydrogens is 184 g/mol. The molecule has 15 heavy (non-hydrogen) atoms. The van der Waals surface area contributed by atoms with Crippen molar-refractivity contribution in [3.8, 4) is 0 Å². The Kier molecular flexibility index (Phi) is 8.07. The molecule has 0 aromatic carbocycles. The summed E-state index contributed by atoms with van der Waals surface area (Å²) < 4.78 is 0.